The van der Waals surface area contributed by atoms with E-state index >= 15 is 0 Å². The van der Waals surface area contributed by atoms with Crippen LogP contribution < -0.4 is 4.74 Å². The molecule has 4 rings (SSSR count). The summed E-state index contributed by atoms with van der Waals surface area (Å²) < 4.78 is 19.1. The normalized spacial score (nSPS) is 14.7. The molecule has 0 aliphatic carbocycles. The Kier molecular flexibility index (Phi) is 6.22. The molecule has 1 saturated heterocycles. The molecule has 1 aliphatic heterocycles. The van der Waals surface area contributed by atoms with Crippen LogP contribution in [0.15, 0.2) is 66.0 Å². The van der Waals surface area contributed by atoms with Gasteiger partial charge in [0.25, 0.3) is 5.91 Å². The third-order valence-electron chi connectivity index (χ3n) is 4.97. The Labute approximate surface area is 174 Å². The number of hydrogen-bond acceptors (Lipinski definition) is 4. The van der Waals surface area contributed by atoms with Crippen molar-refractivity contribution in [2.75, 3.05) is 26.2 Å². The van der Waals surface area contributed by atoms with E-state index in [1.807, 2.05) is 52.7 Å². The third-order valence-corrected chi connectivity index (χ3v) is 5.93. The minimum Gasteiger partial charge on any atom is -0.489 e. The van der Waals surface area contributed by atoms with Crippen molar-refractivity contribution in [2.45, 2.75) is 13.2 Å². The fourth-order valence-corrected chi connectivity index (χ4v) is 4.27. The van der Waals surface area contributed by atoms with Crippen molar-refractivity contribution < 1.29 is 13.9 Å². The summed E-state index contributed by atoms with van der Waals surface area (Å²) in [4.78, 5) is 17.7. The van der Waals surface area contributed by atoms with Gasteiger partial charge >= 0.3 is 0 Å². The van der Waals surface area contributed by atoms with E-state index in [2.05, 4.69) is 4.90 Å². The smallest absolute Gasteiger partial charge is 0.264 e. The van der Waals surface area contributed by atoms with Crippen LogP contribution in [0.5, 0.6) is 5.75 Å². The minimum atomic E-state index is -0.207. The van der Waals surface area contributed by atoms with Gasteiger partial charge in [-0.05, 0) is 41.3 Å². The lowest BCUT2D eigenvalue weighted by molar-refractivity contribution is 0.0633. The van der Waals surface area contributed by atoms with Crippen LogP contribution in [-0.4, -0.2) is 41.9 Å². The molecule has 2 heterocycles. The molecular weight excluding hydrogens is 387 g/mol. The Balaban J connectivity index is 1.28. The number of benzene rings is 2. The second-order valence-electron chi connectivity index (χ2n) is 7.12. The van der Waals surface area contributed by atoms with Gasteiger partial charge in [0.05, 0.1) is 4.88 Å². The van der Waals surface area contributed by atoms with Crippen LogP contribution in [0.4, 0.5) is 4.39 Å². The molecule has 4 nitrogen and oxygen atoms in total. The molecule has 0 unspecified atom stereocenters. The summed E-state index contributed by atoms with van der Waals surface area (Å²) in [7, 11) is 0. The maximum absolute atomic E-state index is 13.4. The molecule has 150 valence electrons. The van der Waals surface area contributed by atoms with E-state index in [4.69, 9.17) is 4.74 Å². The summed E-state index contributed by atoms with van der Waals surface area (Å²) in [6.07, 6.45) is 0. The number of hydrogen-bond donors (Lipinski definition) is 0. The van der Waals surface area contributed by atoms with Gasteiger partial charge in [-0.3, -0.25) is 9.69 Å². The van der Waals surface area contributed by atoms with Gasteiger partial charge in [0, 0.05) is 38.3 Å². The molecule has 0 bridgehead atoms. The Hall–Kier alpha value is -2.70. The van der Waals surface area contributed by atoms with Crippen LogP contribution in [0.3, 0.4) is 0 Å². The number of thiophene rings is 1. The molecule has 6 heteroatoms. The Morgan fingerprint density at radius 2 is 1.76 bits per heavy atom. The molecule has 1 aliphatic rings. The average molecular weight is 411 g/mol. The zero-order chi connectivity index (χ0) is 20.1. The summed E-state index contributed by atoms with van der Waals surface area (Å²) >= 11 is 1.46. The molecule has 0 spiro atoms. The number of carbonyl (C=O) groups excluding carboxylic acids is 1. The summed E-state index contributed by atoms with van der Waals surface area (Å²) in [5.41, 5.74) is 1.97. The van der Waals surface area contributed by atoms with Crippen molar-refractivity contribution in [3.8, 4) is 5.75 Å². The number of halogens is 1. The van der Waals surface area contributed by atoms with Crippen molar-refractivity contribution in [3.63, 3.8) is 0 Å². The average Bonchev–Trinajstić information content (AvgIpc) is 3.22. The van der Waals surface area contributed by atoms with Gasteiger partial charge in [-0.25, -0.2) is 4.39 Å². The van der Waals surface area contributed by atoms with Gasteiger partial charge in [-0.2, -0.15) is 0 Å². The first-order chi connectivity index (χ1) is 14.2. The monoisotopic (exact) mass is 410 g/mol. The molecule has 1 aromatic heterocycles. The first-order valence-electron chi connectivity index (χ1n) is 9.69. The maximum Gasteiger partial charge on any atom is 0.264 e. The van der Waals surface area contributed by atoms with E-state index in [1.165, 1.54) is 17.4 Å². The van der Waals surface area contributed by atoms with Crippen LogP contribution in [0.25, 0.3) is 0 Å². The molecule has 0 atom stereocenters. The quantitative estimate of drug-likeness (QED) is 0.603. The van der Waals surface area contributed by atoms with Crippen LogP contribution in [-0.2, 0) is 13.2 Å². The number of rotatable bonds is 6. The topological polar surface area (TPSA) is 32.8 Å². The molecule has 1 amide bonds. The van der Waals surface area contributed by atoms with E-state index in [0.717, 1.165) is 34.8 Å². The van der Waals surface area contributed by atoms with Crippen LogP contribution in [0.1, 0.15) is 20.8 Å². The second kappa shape index (κ2) is 9.20. The van der Waals surface area contributed by atoms with Crippen LogP contribution in [0.2, 0.25) is 0 Å². The van der Waals surface area contributed by atoms with Gasteiger partial charge in [0.15, 0.2) is 0 Å². The predicted octanol–water partition coefficient (Wildman–Crippen LogP) is 4.42. The number of piperazine rings is 1. The standard InChI is InChI=1S/C23H23FN2O2S/c24-20-6-4-5-18(13-20)15-25-9-11-26(12-10-25)23(27)22-14-19(17-29-22)16-28-21-7-2-1-3-8-21/h1-8,13-14,17H,9-12,15-16H2. The first kappa shape index (κ1) is 19.6. The van der Waals surface area contributed by atoms with E-state index in [9.17, 15) is 9.18 Å². The summed E-state index contributed by atoms with van der Waals surface area (Å²) in [6.45, 7) is 4.11. The van der Waals surface area contributed by atoms with Crippen LogP contribution >= 0.6 is 11.3 Å². The summed E-state index contributed by atoms with van der Waals surface area (Å²) in [5, 5.41) is 1.98. The molecular formula is C23H23FN2O2S. The van der Waals surface area contributed by atoms with E-state index in [0.29, 0.717) is 26.2 Å². The van der Waals surface area contributed by atoms with Gasteiger partial charge in [-0.15, -0.1) is 11.3 Å². The number of carbonyl (C=O) groups is 1. The molecule has 29 heavy (non-hydrogen) atoms. The highest BCUT2D eigenvalue weighted by Gasteiger charge is 2.23. The Bertz CT molecular complexity index is 952. The van der Waals surface area contributed by atoms with Gasteiger partial charge in [0.2, 0.25) is 0 Å². The molecule has 0 N–H and O–H groups in total. The summed E-state index contributed by atoms with van der Waals surface area (Å²) in [5.74, 6) is 0.688. The Morgan fingerprint density at radius 1 is 0.966 bits per heavy atom. The SMILES string of the molecule is O=C(c1cc(COc2ccccc2)cs1)N1CCN(Cc2cccc(F)c2)CC1. The highest BCUT2D eigenvalue weighted by atomic mass is 32.1. The third kappa shape index (κ3) is 5.22. The number of amides is 1. The zero-order valence-electron chi connectivity index (χ0n) is 16.1. The lowest BCUT2D eigenvalue weighted by Crippen LogP contribution is -2.48. The van der Waals surface area contributed by atoms with Crippen molar-refractivity contribution >= 4 is 17.2 Å². The predicted molar refractivity (Wildman–Crippen MR) is 113 cm³/mol. The van der Waals surface area contributed by atoms with Crippen molar-refractivity contribution in [2.24, 2.45) is 0 Å². The van der Waals surface area contributed by atoms with E-state index in [1.54, 1.807) is 12.1 Å². The van der Waals surface area contributed by atoms with Crippen molar-refractivity contribution in [1.29, 1.82) is 0 Å². The van der Waals surface area contributed by atoms with E-state index in [-0.39, 0.29) is 11.7 Å². The Morgan fingerprint density at radius 3 is 2.52 bits per heavy atom. The summed E-state index contributed by atoms with van der Waals surface area (Å²) in [6, 6.07) is 18.3. The number of ether oxygens (including phenoxy) is 1. The van der Waals surface area contributed by atoms with Gasteiger partial charge in [0.1, 0.15) is 18.2 Å². The first-order valence-corrected chi connectivity index (χ1v) is 10.6. The number of nitrogens with zero attached hydrogens (tertiary/aromatic N) is 2. The highest BCUT2D eigenvalue weighted by molar-refractivity contribution is 7.12. The second-order valence-corrected chi connectivity index (χ2v) is 8.03. The molecule has 0 radical (unpaired) electrons. The zero-order valence-corrected chi connectivity index (χ0v) is 16.9. The van der Waals surface area contributed by atoms with E-state index < -0.39 is 0 Å². The number of para-hydroxylation sites is 1. The van der Waals surface area contributed by atoms with Gasteiger partial charge in [-0.1, -0.05) is 30.3 Å². The molecule has 3 aromatic rings. The fraction of sp³-hybridized carbons (Fsp3) is 0.261. The molecule has 1 fully saturated rings. The molecule has 2 aromatic carbocycles. The molecule has 0 saturated carbocycles. The largest absolute Gasteiger partial charge is 0.489 e. The highest BCUT2D eigenvalue weighted by Crippen LogP contribution is 2.20. The fourth-order valence-electron chi connectivity index (χ4n) is 3.41. The van der Waals surface area contributed by atoms with Gasteiger partial charge < -0.3 is 9.64 Å². The lowest BCUT2D eigenvalue weighted by atomic mass is 10.2. The van der Waals surface area contributed by atoms with Crippen molar-refractivity contribution in [3.05, 3.63) is 87.9 Å². The van der Waals surface area contributed by atoms with Crippen LogP contribution in [0, 0.1) is 5.82 Å². The lowest BCUT2D eigenvalue weighted by Gasteiger charge is -2.34. The maximum atomic E-state index is 13.4. The van der Waals surface area contributed by atoms with Crippen molar-refractivity contribution in [1.82, 2.24) is 9.80 Å². The minimum absolute atomic E-state index is 0.0753.